The van der Waals surface area contributed by atoms with Crippen LogP contribution in [0.25, 0.3) is 0 Å². The number of carbonyl (C=O) groups is 1. The first-order valence-corrected chi connectivity index (χ1v) is 6.86. The molecule has 3 atom stereocenters. The van der Waals surface area contributed by atoms with Crippen LogP contribution in [0, 0.1) is 5.92 Å². The zero-order valence-electron chi connectivity index (χ0n) is 11.5. The summed E-state index contributed by atoms with van der Waals surface area (Å²) in [7, 11) is 3.79. The van der Waals surface area contributed by atoms with E-state index in [4.69, 9.17) is 4.42 Å². The molecule has 0 spiro atoms. The quantitative estimate of drug-likeness (QED) is 0.864. The molecule has 5 heteroatoms. The third kappa shape index (κ3) is 2.28. The molecule has 0 unspecified atom stereocenters. The summed E-state index contributed by atoms with van der Waals surface area (Å²) in [6.07, 6.45) is 4.51. The minimum absolute atomic E-state index is 0.0519. The van der Waals surface area contributed by atoms with E-state index in [2.05, 4.69) is 22.2 Å². The minimum Gasteiger partial charge on any atom is -0.472 e. The molecule has 0 saturated carbocycles. The Hall–Kier alpha value is -1.33. The van der Waals surface area contributed by atoms with Gasteiger partial charge in [0.1, 0.15) is 0 Å². The number of nitrogens with one attached hydrogen (secondary N) is 1. The second-order valence-corrected chi connectivity index (χ2v) is 5.68. The molecule has 104 valence electrons. The number of furan rings is 1. The summed E-state index contributed by atoms with van der Waals surface area (Å²) < 4.78 is 5.11. The zero-order valence-corrected chi connectivity index (χ0v) is 11.5. The third-order valence-electron chi connectivity index (χ3n) is 4.56. The normalized spacial score (nSPS) is 31.6. The van der Waals surface area contributed by atoms with E-state index in [1.165, 1.54) is 5.56 Å². The molecule has 19 heavy (non-hydrogen) atoms. The van der Waals surface area contributed by atoms with Crippen molar-refractivity contribution >= 4 is 5.91 Å². The van der Waals surface area contributed by atoms with Gasteiger partial charge in [-0.25, -0.2) is 0 Å². The van der Waals surface area contributed by atoms with Crippen molar-refractivity contribution in [3.63, 3.8) is 0 Å². The number of fused-ring (bicyclic) bond motifs is 1. The van der Waals surface area contributed by atoms with Crippen molar-refractivity contribution in [2.75, 3.05) is 27.2 Å². The molecule has 2 saturated heterocycles. The number of likely N-dealkylation sites (tertiary alicyclic amines) is 2. The fourth-order valence-corrected chi connectivity index (χ4v) is 3.55. The molecule has 2 aliphatic heterocycles. The largest absolute Gasteiger partial charge is 0.472 e. The van der Waals surface area contributed by atoms with Gasteiger partial charge in [0.2, 0.25) is 5.91 Å². The summed E-state index contributed by atoms with van der Waals surface area (Å²) in [5.74, 6) is 0.762. The van der Waals surface area contributed by atoms with Gasteiger partial charge in [0.15, 0.2) is 0 Å². The SMILES string of the molecule is CNC(=O)[C@@H]1C[C@H]2CN(Cc3ccoc3)C[C@H]2N1C. The van der Waals surface area contributed by atoms with E-state index in [9.17, 15) is 4.79 Å². The molecule has 5 nitrogen and oxygen atoms in total. The van der Waals surface area contributed by atoms with Gasteiger partial charge in [0.25, 0.3) is 0 Å². The highest BCUT2D eigenvalue weighted by Crippen LogP contribution is 2.35. The average molecular weight is 263 g/mol. The number of hydrogen-bond acceptors (Lipinski definition) is 4. The lowest BCUT2D eigenvalue weighted by molar-refractivity contribution is -0.125. The highest BCUT2D eigenvalue weighted by Gasteiger charge is 2.46. The van der Waals surface area contributed by atoms with Gasteiger partial charge >= 0.3 is 0 Å². The molecular weight excluding hydrogens is 242 g/mol. The average Bonchev–Trinajstić information content (AvgIpc) is 3.09. The number of likely N-dealkylation sites (N-methyl/N-ethyl adjacent to an activating group) is 2. The molecular formula is C14H21N3O2. The van der Waals surface area contributed by atoms with E-state index in [0.717, 1.165) is 26.1 Å². The topological polar surface area (TPSA) is 48.7 Å². The molecule has 0 bridgehead atoms. The predicted octanol–water partition coefficient (Wildman–Crippen LogP) is 0.530. The number of rotatable bonds is 3. The van der Waals surface area contributed by atoms with E-state index in [1.807, 2.05) is 12.3 Å². The number of nitrogens with zero attached hydrogens (tertiary/aromatic N) is 2. The molecule has 0 aromatic carbocycles. The van der Waals surface area contributed by atoms with Crippen LogP contribution >= 0.6 is 0 Å². The van der Waals surface area contributed by atoms with Crippen molar-refractivity contribution in [1.29, 1.82) is 0 Å². The van der Waals surface area contributed by atoms with Crippen LogP contribution in [0.5, 0.6) is 0 Å². The minimum atomic E-state index is 0.0519. The van der Waals surface area contributed by atoms with E-state index < -0.39 is 0 Å². The van der Waals surface area contributed by atoms with Gasteiger partial charge in [0, 0.05) is 38.3 Å². The zero-order chi connectivity index (χ0) is 13.4. The van der Waals surface area contributed by atoms with Gasteiger partial charge in [-0.15, -0.1) is 0 Å². The fourth-order valence-electron chi connectivity index (χ4n) is 3.55. The van der Waals surface area contributed by atoms with Crippen molar-refractivity contribution in [3.8, 4) is 0 Å². The van der Waals surface area contributed by atoms with Crippen LogP contribution in [0.2, 0.25) is 0 Å². The second-order valence-electron chi connectivity index (χ2n) is 5.68. The summed E-state index contributed by atoms with van der Waals surface area (Å²) in [5.41, 5.74) is 1.23. The molecule has 3 rings (SSSR count). The Morgan fingerprint density at radius 2 is 2.37 bits per heavy atom. The third-order valence-corrected chi connectivity index (χ3v) is 4.56. The Morgan fingerprint density at radius 1 is 1.53 bits per heavy atom. The predicted molar refractivity (Wildman–Crippen MR) is 71.5 cm³/mol. The van der Waals surface area contributed by atoms with E-state index >= 15 is 0 Å². The van der Waals surface area contributed by atoms with Crippen molar-refractivity contribution in [2.45, 2.75) is 25.0 Å². The van der Waals surface area contributed by atoms with Gasteiger partial charge in [-0.05, 0) is 25.5 Å². The van der Waals surface area contributed by atoms with Gasteiger partial charge in [0.05, 0.1) is 18.6 Å². The Bertz CT molecular complexity index is 446. The lowest BCUT2D eigenvalue weighted by Crippen LogP contribution is -2.44. The molecule has 1 N–H and O–H groups in total. The monoisotopic (exact) mass is 263 g/mol. The van der Waals surface area contributed by atoms with Crippen LogP contribution in [0.1, 0.15) is 12.0 Å². The van der Waals surface area contributed by atoms with E-state index in [-0.39, 0.29) is 11.9 Å². The Kier molecular flexibility index (Phi) is 3.33. The van der Waals surface area contributed by atoms with E-state index in [0.29, 0.717) is 12.0 Å². The van der Waals surface area contributed by atoms with Gasteiger partial charge in [-0.3, -0.25) is 14.6 Å². The highest BCUT2D eigenvalue weighted by atomic mass is 16.3. The molecule has 2 fully saturated rings. The summed E-state index contributed by atoms with van der Waals surface area (Å²) in [6, 6.07) is 2.58. The van der Waals surface area contributed by atoms with Crippen LogP contribution in [-0.4, -0.2) is 55.0 Å². The number of carbonyl (C=O) groups excluding carboxylic acids is 1. The Morgan fingerprint density at radius 3 is 3.00 bits per heavy atom. The van der Waals surface area contributed by atoms with Crippen LogP contribution in [-0.2, 0) is 11.3 Å². The van der Waals surface area contributed by atoms with Gasteiger partial charge in [-0.1, -0.05) is 0 Å². The fraction of sp³-hybridized carbons (Fsp3) is 0.643. The highest BCUT2D eigenvalue weighted by molar-refractivity contribution is 5.81. The standard InChI is InChI=1S/C14H21N3O2/c1-15-14(18)12-5-11-7-17(8-13(11)16(12)2)6-10-3-4-19-9-10/h3-4,9,11-13H,5-8H2,1-2H3,(H,15,18)/t11-,12-,13+/m0/s1. The number of amides is 1. The maximum absolute atomic E-state index is 11.8. The maximum atomic E-state index is 11.8. The van der Waals surface area contributed by atoms with Crippen LogP contribution in [0.15, 0.2) is 23.0 Å². The van der Waals surface area contributed by atoms with Gasteiger partial charge in [-0.2, -0.15) is 0 Å². The summed E-state index contributed by atoms with van der Waals surface area (Å²) >= 11 is 0. The smallest absolute Gasteiger partial charge is 0.237 e. The summed E-state index contributed by atoms with van der Waals surface area (Å²) in [4.78, 5) is 16.5. The summed E-state index contributed by atoms with van der Waals surface area (Å²) in [6.45, 7) is 3.06. The molecule has 2 aliphatic rings. The maximum Gasteiger partial charge on any atom is 0.237 e. The molecule has 0 radical (unpaired) electrons. The molecule has 1 aromatic rings. The molecule has 1 amide bonds. The first-order valence-electron chi connectivity index (χ1n) is 6.86. The van der Waals surface area contributed by atoms with Crippen molar-refractivity contribution in [2.24, 2.45) is 5.92 Å². The van der Waals surface area contributed by atoms with E-state index in [1.54, 1.807) is 13.3 Å². The summed E-state index contributed by atoms with van der Waals surface area (Å²) in [5, 5.41) is 2.77. The van der Waals surface area contributed by atoms with Crippen molar-refractivity contribution in [1.82, 2.24) is 15.1 Å². The van der Waals surface area contributed by atoms with Gasteiger partial charge < -0.3 is 9.73 Å². The van der Waals surface area contributed by atoms with Crippen molar-refractivity contribution in [3.05, 3.63) is 24.2 Å². The second kappa shape index (κ2) is 4.98. The molecule has 1 aromatic heterocycles. The lowest BCUT2D eigenvalue weighted by Gasteiger charge is -2.25. The first-order chi connectivity index (χ1) is 9.19. The number of hydrogen-bond donors (Lipinski definition) is 1. The molecule has 3 heterocycles. The molecule has 0 aliphatic carbocycles. The first kappa shape index (κ1) is 12.7. The van der Waals surface area contributed by atoms with Crippen molar-refractivity contribution < 1.29 is 9.21 Å². The Balaban J connectivity index is 1.61. The van der Waals surface area contributed by atoms with Crippen LogP contribution in [0.4, 0.5) is 0 Å². The lowest BCUT2D eigenvalue weighted by atomic mass is 10.0. The Labute approximate surface area is 113 Å². The van der Waals surface area contributed by atoms with Crippen LogP contribution in [0.3, 0.4) is 0 Å². The van der Waals surface area contributed by atoms with Crippen LogP contribution < -0.4 is 5.32 Å².